The number of anilines is 2. The van der Waals surface area contributed by atoms with Gasteiger partial charge < -0.3 is 37.9 Å². The summed E-state index contributed by atoms with van der Waals surface area (Å²) >= 11 is 2.49. The van der Waals surface area contributed by atoms with Gasteiger partial charge in [0.05, 0.1) is 87.3 Å². The zero-order valence-corrected chi connectivity index (χ0v) is 72.0. The van der Waals surface area contributed by atoms with E-state index in [0.29, 0.717) is 100 Å². The number of aromatic nitrogens is 10. The topological polar surface area (TPSA) is 320 Å². The number of hydrogen-bond acceptors (Lipinski definition) is 24. The lowest BCUT2D eigenvalue weighted by Gasteiger charge is -2.26. The van der Waals surface area contributed by atoms with Crippen molar-refractivity contribution in [3.05, 3.63) is 251 Å². The maximum atomic E-state index is 15.7. The Hall–Kier alpha value is -13.6. The number of carbonyl (C=O) groups excluding carboxylic acids is 2. The van der Waals surface area contributed by atoms with Gasteiger partial charge in [-0.1, -0.05) is 144 Å². The van der Waals surface area contributed by atoms with Crippen LogP contribution in [0.4, 0.5) is 19.9 Å². The van der Waals surface area contributed by atoms with E-state index < -0.39 is 43.4 Å². The molecule has 4 heterocycles. The molecule has 2 amide bonds. The highest BCUT2D eigenvalue weighted by molar-refractivity contribution is 7.89. The molecular formula is C90H86N14O14S4. The lowest BCUT2D eigenvalue weighted by atomic mass is 9.96. The van der Waals surface area contributed by atoms with Crippen molar-refractivity contribution in [2.24, 2.45) is 0 Å². The van der Waals surface area contributed by atoms with Crippen LogP contribution in [0.1, 0.15) is 86.1 Å². The monoisotopic (exact) mass is 1710 g/mol. The number of ether oxygens (including phenoxy) is 8. The third-order valence-electron chi connectivity index (χ3n) is 18.9. The Morgan fingerprint density at radius 2 is 0.770 bits per heavy atom. The van der Waals surface area contributed by atoms with Gasteiger partial charge in [0.2, 0.25) is 25.9 Å². The van der Waals surface area contributed by atoms with Crippen molar-refractivity contribution in [3.63, 3.8) is 0 Å². The molecule has 4 aromatic heterocycles. The Labute approximate surface area is 714 Å². The number of amides is 2. The fraction of sp³-hybridized carbons (Fsp3) is 0.222. The number of fused-ring (bicyclic) bond motifs is 2. The fourth-order valence-electron chi connectivity index (χ4n) is 13.2. The number of nitrogens with zero attached hydrogens (tertiary/aromatic N) is 12. The molecule has 0 aliphatic carbocycles. The number of para-hydroxylation sites is 2. The summed E-state index contributed by atoms with van der Waals surface area (Å²) in [4.78, 5) is 36.2. The molecule has 2 N–H and O–H groups in total. The molecule has 0 bridgehead atoms. The SMILES string of the molecule is C#Cc1ccc(-c2cccc3sc(NC(=O)OC(C)(C)C)nc23)c(-c2nnn(Cc3ccc(OC)cc3)n2)c1S(=O)(=O)N(Cc1ccc(OC)cc1)Cc1ccc(OC)cc1.C#Cc1ccc(-c2cccc3sc(NC(=O)OC(C)(C)C)nc23)c(-c2nnnn2Cc2ccc(OC)cc2)c1S(=O)(=O)N(Cc1ccc(OC)cc1)Cc1ccc(OC)cc1. The molecule has 0 aliphatic heterocycles. The lowest BCUT2D eigenvalue weighted by molar-refractivity contribution is 0.0624. The van der Waals surface area contributed by atoms with Crippen molar-refractivity contribution >= 4 is 85.6 Å². The summed E-state index contributed by atoms with van der Waals surface area (Å²) in [6.07, 6.45) is 11.1. The molecule has 0 fully saturated rings. The number of tetrazole rings is 2. The van der Waals surface area contributed by atoms with Crippen LogP contribution in [0.5, 0.6) is 34.5 Å². The number of benzene rings is 10. The van der Waals surface area contributed by atoms with Crippen molar-refractivity contribution in [2.45, 2.75) is 102 Å². The first-order chi connectivity index (χ1) is 58.6. The van der Waals surface area contributed by atoms with Crippen LogP contribution in [0.3, 0.4) is 0 Å². The molecule has 0 saturated carbocycles. The van der Waals surface area contributed by atoms with Gasteiger partial charge in [-0.3, -0.25) is 10.6 Å². The van der Waals surface area contributed by atoms with Crippen LogP contribution in [0, 0.1) is 24.7 Å². The van der Waals surface area contributed by atoms with Gasteiger partial charge in [0.15, 0.2) is 16.1 Å². The van der Waals surface area contributed by atoms with Gasteiger partial charge in [-0.25, -0.2) is 41.1 Å². The second kappa shape index (κ2) is 37.4. The predicted molar refractivity (Wildman–Crippen MR) is 468 cm³/mol. The zero-order chi connectivity index (χ0) is 86.6. The van der Waals surface area contributed by atoms with Crippen LogP contribution < -0.4 is 39.1 Å². The van der Waals surface area contributed by atoms with Gasteiger partial charge in [-0.15, -0.1) is 28.1 Å². The Balaban J connectivity index is 0.000000210. The van der Waals surface area contributed by atoms with Gasteiger partial charge in [-0.2, -0.15) is 13.4 Å². The number of rotatable bonds is 28. The summed E-state index contributed by atoms with van der Waals surface area (Å²) < 4.78 is 112. The van der Waals surface area contributed by atoms with E-state index >= 15 is 16.8 Å². The quantitative estimate of drug-likeness (QED) is 0.0430. The number of thiazole rings is 2. The molecule has 0 aliphatic rings. The van der Waals surface area contributed by atoms with Crippen molar-refractivity contribution in [1.29, 1.82) is 0 Å². The summed E-state index contributed by atoms with van der Waals surface area (Å²) in [6.45, 7) is 10.9. The first-order valence-corrected chi connectivity index (χ1v) is 42.5. The number of methoxy groups -OCH3 is 6. The van der Waals surface area contributed by atoms with E-state index in [9.17, 15) is 9.59 Å². The van der Waals surface area contributed by atoms with Crippen LogP contribution in [-0.2, 0) is 68.8 Å². The van der Waals surface area contributed by atoms with Crippen molar-refractivity contribution in [2.75, 3.05) is 53.3 Å². The van der Waals surface area contributed by atoms with Gasteiger partial charge in [0.1, 0.15) is 55.5 Å². The summed E-state index contributed by atoms with van der Waals surface area (Å²) in [6, 6.07) is 61.3. The molecule has 0 radical (unpaired) electrons. The van der Waals surface area contributed by atoms with Crippen molar-refractivity contribution < 1.29 is 64.3 Å². The van der Waals surface area contributed by atoms with Crippen molar-refractivity contribution in [3.8, 4) is 104 Å². The Kier molecular flexibility index (Phi) is 26.4. The maximum Gasteiger partial charge on any atom is 0.413 e. The maximum absolute atomic E-state index is 15.7. The number of hydrogen-bond donors (Lipinski definition) is 2. The first-order valence-electron chi connectivity index (χ1n) is 38.0. The Morgan fingerprint density at radius 1 is 0.426 bits per heavy atom. The van der Waals surface area contributed by atoms with E-state index in [0.717, 1.165) is 20.5 Å². The minimum Gasteiger partial charge on any atom is -0.497 e. The number of terminal acetylenes is 2. The molecule has 0 atom stereocenters. The predicted octanol–water partition coefficient (Wildman–Crippen LogP) is 16.8. The Morgan fingerprint density at radius 3 is 1.12 bits per heavy atom. The number of carbonyl (C=O) groups is 2. The minimum absolute atomic E-state index is 0.0207. The van der Waals surface area contributed by atoms with E-state index in [1.54, 1.807) is 157 Å². The largest absolute Gasteiger partial charge is 0.497 e. The highest BCUT2D eigenvalue weighted by Gasteiger charge is 2.38. The molecule has 0 spiro atoms. The van der Waals surface area contributed by atoms with E-state index in [4.69, 9.17) is 65.8 Å². The number of sulfonamides is 2. The molecule has 122 heavy (non-hydrogen) atoms. The molecule has 14 aromatic rings. The highest BCUT2D eigenvalue weighted by Crippen LogP contribution is 2.46. The third-order valence-corrected chi connectivity index (χ3v) is 24.6. The normalized spacial score (nSPS) is 11.6. The Bertz CT molecular complexity index is 6340. The molecular weight excluding hydrogens is 1630 g/mol. The zero-order valence-electron chi connectivity index (χ0n) is 68.7. The van der Waals surface area contributed by atoms with Gasteiger partial charge in [0, 0.05) is 48.4 Å². The second-order valence-electron chi connectivity index (χ2n) is 29.6. The molecule has 0 saturated heterocycles. The molecule has 0 unspecified atom stereocenters. The summed E-state index contributed by atoms with van der Waals surface area (Å²) in [5, 5.41) is 32.6. The average Bonchev–Trinajstić information content (AvgIpc) is 1.26. The van der Waals surface area contributed by atoms with Crippen LogP contribution >= 0.6 is 22.7 Å². The third kappa shape index (κ3) is 20.3. The average molecular weight is 1720 g/mol. The smallest absolute Gasteiger partial charge is 0.413 e. The minimum atomic E-state index is -4.53. The standard InChI is InChI=1S/2C45H43N7O7S2/c1-8-32-18-25-36(37-10-9-11-38-40(37)46-43(60-38)47-44(53)59-45(2,3)4)39(42-48-49-50-52(42)28-31-16-23-35(58-7)24-17-31)41(32)61(54,55)51(26-29-12-19-33(56-5)20-13-29)27-30-14-21-34(57-6)22-15-30;1-8-32-18-25-36(37-10-9-11-38-40(37)46-43(60-38)47-44(53)59-45(2,3)4)39(42-48-50-52(49-42)28-31-16-23-35(58-7)24-17-31)41(32)61(54,55)51(26-29-12-19-33(56-5)20-13-29)27-30-14-21-34(57-6)22-15-30/h2*1,9-25H,26-28H2,2-7H3,(H,46,47,53). The van der Waals surface area contributed by atoms with Gasteiger partial charge >= 0.3 is 12.2 Å². The molecule has 14 rings (SSSR count). The summed E-state index contributed by atoms with van der Waals surface area (Å²) in [7, 11) is 0.404. The molecule has 28 nitrogen and oxygen atoms in total. The first kappa shape index (κ1) is 86.3. The fourth-order valence-corrected chi connectivity index (χ4v) is 18.5. The van der Waals surface area contributed by atoms with Crippen LogP contribution in [0.2, 0.25) is 0 Å². The van der Waals surface area contributed by atoms with Crippen LogP contribution in [0.25, 0.3) is 65.5 Å². The molecule has 10 aromatic carbocycles. The van der Waals surface area contributed by atoms with Gasteiger partial charge in [0.25, 0.3) is 0 Å². The van der Waals surface area contributed by atoms with Gasteiger partial charge in [-0.05, 0) is 199 Å². The second-order valence-corrected chi connectivity index (χ2v) is 35.4. The molecule has 624 valence electrons. The van der Waals surface area contributed by atoms with E-state index in [2.05, 4.69) is 48.3 Å². The van der Waals surface area contributed by atoms with E-state index in [1.165, 1.54) is 40.8 Å². The van der Waals surface area contributed by atoms with E-state index in [-0.39, 0.29) is 83.0 Å². The summed E-state index contributed by atoms with van der Waals surface area (Å²) in [5.74, 6) is 9.32. The van der Waals surface area contributed by atoms with Crippen molar-refractivity contribution in [1.82, 2.24) is 59.0 Å². The number of nitrogens with one attached hydrogen (secondary N) is 2. The lowest BCUT2D eigenvalue weighted by Crippen LogP contribution is -2.31. The van der Waals surface area contributed by atoms with E-state index in [1.807, 2.05) is 133 Å². The van der Waals surface area contributed by atoms with Crippen LogP contribution in [0.15, 0.2) is 216 Å². The van der Waals surface area contributed by atoms with Crippen LogP contribution in [-0.4, -0.2) is 142 Å². The summed E-state index contributed by atoms with van der Waals surface area (Å²) in [5.41, 5.74) is 6.52. The highest BCUT2D eigenvalue weighted by atomic mass is 32.2. The molecule has 32 heteroatoms.